The fraction of sp³-hybridized carbons (Fsp3) is 0.269. The maximum absolute atomic E-state index is 15.5. The molecule has 1 aromatic heterocycles. The van der Waals surface area contributed by atoms with Crippen molar-refractivity contribution in [3.63, 3.8) is 0 Å². The van der Waals surface area contributed by atoms with Crippen LogP contribution in [0.3, 0.4) is 0 Å². The first-order chi connectivity index (χ1) is 17.3. The van der Waals surface area contributed by atoms with Gasteiger partial charge in [-0.2, -0.15) is 4.98 Å². The number of aromatic nitrogens is 2. The van der Waals surface area contributed by atoms with Crippen molar-refractivity contribution in [2.45, 2.75) is 29.6 Å². The van der Waals surface area contributed by atoms with E-state index < -0.39 is 21.5 Å². The van der Waals surface area contributed by atoms with E-state index in [0.717, 1.165) is 23.8 Å². The van der Waals surface area contributed by atoms with Crippen molar-refractivity contribution in [1.29, 1.82) is 0 Å². The van der Waals surface area contributed by atoms with E-state index in [-0.39, 0.29) is 45.8 Å². The highest BCUT2D eigenvalue weighted by atomic mass is 32.2. The quantitative estimate of drug-likeness (QED) is 0.423. The van der Waals surface area contributed by atoms with Crippen molar-refractivity contribution < 1.29 is 31.4 Å². The number of hydrogen-bond donors (Lipinski definition) is 1. The van der Waals surface area contributed by atoms with Crippen LogP contribution in [0.1, 0.15) is 6.42 Å². The molecule has 6 rings (SSSR count). The Morgan fingerprint density at radius 3 is 2.36 bits per heavy atom. The first-order valence-electron chi connectivity index (χ1n) is 11.5. The second kappa shape index (κ2) is 8.65. The van der Waals surface area contributed by atoms with Gasteiger partial charge in [0, 0.05) is 18.9 Å². The SMILES string of the molecule is CS(=O)(=O)c1ccc(-c2ccc(-c3c(F)cc4[nH]c(O[C@H]5CO[C@H]6CCO[C@H]65)nc4c3F)cc2)cc1. The number of nitrogens with one attached hydrogen (secondary N) is 1. The van der Waals surface area contributed by atoms with Crippen LogP contribution in [0.25, 0.3) is 33.3 Å². The minimum absolute atomic E-state index is 0.0132. The minimum Gasteiger partial charge on any atom is -0.456 e. The maximum Gasteiger partial charge on any atom is 0.295 e. The number of sulfone groups is 1. The lowest BCUT2D eigenvalue weighted by Gasteiger charge is -2.15. The van der Waals surface area contributed by atoms with E-state index in [2.05, 4.69) is 9.97 Å². The van der Waals surface area contributed by atoms with E-state index in [1.807, 2.05) is 0 Å². The predicted octanol–water partition coefficient (Wildman–Crippen LogP) is 4.51. The second-order valence-corrected chi connectivity index (χ2v) is 11.0. The number of ether oxygens (including phenoxy) is 3. The molecule has 0 unspecified atom stereocenters. The molecule has 0 saturated carbocycles. The van der Waals surface area contributed by atoms with E-state index in [0.29, 0.717) is 18.8 Å². The third-order valence-corrected chi connectivity index (χ3v) is 7.75. The van der Waals surface area contributed by atoms with Gasteiger partial charge in [0.05, 0.1) is 28.7 Å². The van der Waals surface area contributed by atoms with Crippen LogP contribution in [0.2, 0.25) is 0 Å². The standard InChI is InChI=1S/C26H22F2N2O5S/c1-36(31,32)17-8-6-15(7-9-17)14-2-4-16(5-3-14)22-18(27)12-19-24(23(22)28)30-26(29-19)35-21-13-34-20-10-11-33-25(20)21/h2-9,12,20-21,25H,10-11,13H2,1H3,(H,29,30)/t20-,21-,25+/m0/s1. The Balaban J connectivity index is 1.28. The molecule has 0 radical (unpaired) electrons. The maximum atomic E-state index is 15.5. The Kier molecular flexibility index (Phi) is 5.55. The monoisotopic (exact) mass is 512 g/mol. The van der Waals surface area contributed by atoms with E-state index >= 15 is 8.78 Å². The second-order valence-electron chi connectivity index (χ2n) is 9.01. The van der Waals surface area contributed by atoms with Crippen LogP contribution in [0, 0.1) is 11.6 Å². The van der Waals surface area contributed by atoms with Crippen LogP contribution < -0.4 is 4.74 Å². The van der Waals surface area contributed by atoms with Gasteiger partial charge in [0.25, 0.3) is 6.01 Å². The van der Waals surface area contributed by atoms with Crippen molar-refractivity contribution in [2.24, 2.45) is 0 Å². The molecule has 3 atom stereocenters. The third kappa shape index (κ3) is 4.04. The number of benzene rings is 3. The number of fused-ring (bicyclic) bond motifs is 2. The number of aromatic amines is 1. The summed E-state index contributed by atoms with van der Waals surface area (Å²) in [6.07, 6.45) is 1.37. The molecule has 2 fully saturated rings. The molecule has 36 heavy (non-hydrogen) atoms. The van der Waals surface area contributed by atoms with E-state index in [9.17, 15) is 8.42 Å². The van der Waals surface area contributed by atoms with Crippen molar-refractivity contribution >= 4 is 20.9 Å². The Hall–Kier alpha value is -3.34. The zero-order valence-electron chi connectivity index (χ0n) is 19.2. The fourth-order valence-corrected chi connectivity index (χ4v) is 5.41. The molecule has 0 amide bonds. The van der Waals surface area contributed by atoms with Gasteiger partial charge in [0.2, 0.25) is 0 Å². The molecule has 0 bridgehead atoms. The van der Waals surface area contributed by atoms with Gasteiger partial charge in [0.15, 0.2) is 21.8 Å². The van der Waals surface area contributed by atoms with Crippen LogP contribution in [-0.2, 0) is 19.3 Å². The average molecular weight is 513 g/mol. The topological polar surface area (TPSA) is 90.5 Å². The molecule has 1 N–H and O–H groups in total. The fourth-order valence-electron chi connectivity index (χ4n) is 4.78. The summed E-state index contributed by atoms with van der Waals surface area (Å²) in [5.74, 6) is -1.53. The number of nitrogens with zero attached hydrogens (tertiary/aromatic N) is 1. The molecule has 2 aliphatic heterocycles. The first kappa shape index (κ1) is 23.1. The van der Waals surface area contributed by atoms with Gasteiger partial charge in [-0.25, -0.2) is 17.2 Å². The van der Waals surface area contributed by atoms with Crippen LogP contribution in [0.5, 0.6) is 6.01 Å². The Morgan fingerprint density at radius 2 is 1.67 bits per heavy atom. The lowest BCUT2D eigenvalue weighted by atomic mass is 9.99. The number of rotatable bonds is 5. The highest BCUT2D eigenvalue weighted by molar-refractivity contribution is 7.90. The van der Waals surface area contributed by atoms with Gasteiger partial charge >= 0.3 is 0 Å². The summed E-state index contributed by atoms with van der Waals surface area (Å²) >= 11 is 0. The summed E-state index contributed by atoms with van der Waals surface area (Å²) in [5.41, 5.74) is 1.88. The average Bonchev–Trinajstić information content (AvgIpc) is 3.57. The molecule has 3 aromatic carbocycles. The largest absolute Gasteiger partial charge is 0.456 e. The molecule has 0 aliphatic carbocycles. The number of H-pyrrole nitrogens is 1. The zero-order valence-corrected chi connectivity index (χ0v) is 20.0. The van der Waals surface area contributed by atoms with Crippen molar-refractivity contribution in [1.82, 2.24) is 9.97 Å². The molecule has 3 heterocycles. The van der Waals surface area contributed by atoms with Crippen LogP contribution in [0.15, 0.2) is 59.5 Å². The highest BCUT2D eigenvalue weighted by Crippen LogP contribution is 2.34. The molecular weight excluding hydrogens is 490 g/mol. The summed E-state index contributed by atoms with van der Waals surface area (Å²) < 4.78 is 71.0. The van der Waals surface area contributed by atoms with Crippen LogP contribution >= 0.6 is 0 Å². The Labute approximate surface area is 205 Å². The van der Waals surface area contributed by atoms with E-state index in [1.54, 1.807) is 36.4 Å². The molecule has 2 saturated heterocycles. The van der Waals surface area contributed by atoms with Crippen molar-refractivity contribution in [2.75, 3.05) is 19.5 Å². The van der Waals surface area contributed by atoms with Gasteiger partial charge in [-0.05, 0) is 35.2 Å². The number of halogens is 2. The van der Waals surface area contributed by atoms with E-state index in [4.69, 9.17) is 14.2 Å². The molecule has 186 valence electrons. The normalized spacial score (nSPS) is 21.7. The van der Waals surface area contributed by atoms with Crippen LogP contribution in [-0.4, -0.2) is 56.2 Å². The minimum atomic E-state index is -3.29. The van der Waals surface area contributed by atoms with E-state index in [1.165, 1.54) is 18.2 Å². The lowest BCUT2D eigenvalue weighted by Crippen LogP contribution is -2.32. The predicted molar refractivity (Wildman–Crippen MR) is 129 cm³/mol. The molecular formula is C26H22F2N2O5S. The number of imidazole rings is 1. The van der Waals surface area contributed by atoms with Gasteiger partial charge in [-0.1, -0.05) is 36.4 Å². The first-order valence-corrected chi connectivity index (χ1v) is 13.4. The molecule has 2 aliphatic rings. The Bertz CT molecular complexity index is 1550. The zero-order chi connectivity index (χ0) is 25.0. The highest BCUT2D eigenvalue weighted by Gasteiger charge is 2.43. The summed E-state index contributed by atoms with van der Waals surface area (Å²) in [6.45, 7) is 0.946. The summed E-state index contributed by atoms with van der Waals surface area (Å²) in [4.78, 5) is 7.29. The smallest absolute Gasteiger partial charge is 0.295 e. The molecule has 10 heteroatoms. The summed E-state index contributed by atoms with van der Waals surface area (Å²) in [7, 11) is -3.29. The van der Waals surface area contributed by atoms with Crippen molar-refractivity contribution in [3.8, 4) is 28.3 Å². The molecule has 0 spiro atoms. The van der Waals surface area contributed by atoms with Gasteiger partial charge in [-0.15, -0.1) is 0 Å². The van der Waals surface area contributed by atoms with Gasteiger partial charge < -0.3 is 19.2 Å². The summed E-state index contributed by atoms with van der Waals surface area (Å²) in [6, 6.07) is 14.4. The van der Waals surface area contributed by atoms with Gasteiger partial charge in [-0.3, -0.25) is 0 Å². The third-order valence-electron chi connectivity index (χ3n) is 6.62. The summed E-state index contributed by atoms with van der Waals surface area (Å²) in [5, 5.41) is 0. The molecule has 4 aromatic rings. The Morgan fingerprint density at radius 1 is 1.00 bits per heavy atom. The van der Waals surface area contributed by atoms with Gasteiger partial charge in [0.1, 0.15) is 17.4 Å². The lowest BCUT2D eigenvalue weighted by molar-refractivity contribution is 0.0273. The van der Waals surface area contributed by atoms with Crippen molar-refractivity contribution in [3.05, 3.63) is 66.2 Å². The molecule has 7 nitrogen and oxygen atoms in total. The van der Waals surface area contributed by atoms with Crippen LogP contribution in [0.4, 0.5) is 8.78 Å². The number of hydrogen-bond acceptors (Lipinski definition) is 6.